The van der Waals surface area contributed by atoms with Crippen LogP contribution in [0.25, 0.3) is 0 Å². The Balaban J connectivity index is 2.96. The third kappa shape index (κ3) is 3.59. The normalized spacial score (nSPS) is 13.6. The van der Waals surface area contributed by atoms with Gasteiger partial charge in [-0.1, -0.05) is 37.3 Å². The van der Waals surface area contributed by atoms with Crippen molar-refractivity contribution in [2.45, 2.75) is 32.8 Å². The smallest absolute Gasteiger partial charge is 0.246 e. The molecule has 3 nitrogen and oxygen atoms in total. The zero-order valence-corrected chi connectivity index (χ0v) is 9.68. The van der Waals surface area contributed by atoms with Crippen LogP contribution in [0.5, 0.6) is 0 Å². The molecule has 0 aliphatic heterocycles. The summed E-state index contributed by atoms with van der Waals surface area (Å²) in [5.41, 5.74) is 1.24. The summed E-state index contributed by atoms with van der Waals surface area (Å²) < 4.78 is 0. The van der Waals surface area contributed by atoms with Gasteiger partial charge in [0.05, 0.1) is 11.8 Å². The zero-order chi connectivity index (χ0) is 12.0. The van der Waals surface area contributed by atoms with E-state index in [0.717, 1.165) is 12.0 Å². The van der Waals surface area contributed by atoms with Gasteiger partial charge in [0.2, 0.25) is 5.91 Å². The Morgan fingerprint density at radius 2 is 2.00 bits per heavy atom. The Bertz CT molecular complexity index is 369. The third-order valence-electron chi connectivity index (χ3n) is 2.17. The summed E-state index contributed by atoms with van der Waals surface area (Å²) in [6.07, 6.45) is 0.455. The molecule has 1 aromatic rings. The number of hydrogen-bond acceptors (Lipinski definition) is 2. The van der Waals surface area contributed by atoms with Crippen LogP contribution in [0.4, 0.5) is 0 Å². The molecule has 0 aliphatic rings. The van der Waals surface area contributed by atoms with Gasteiger partial charge in [-0.15, -0.1) is 0 Å². The van der Waals surface area contributed by atoms with E-state index in [1.165, 1.54) is 0 Å². The molecule has 1 unspecified atom stereocenters. The van der Waals surface area contributed by atoms with Crippen LogP contribution in [0.3, 0.4) is 0 Å². The van der Waals surface area contributed by atoms with Gasteiger partial charge in [-0.2, -0.15) is 0 Å². The maximum absolute atomic E-state index is 11.4. The number of aliphatic hydroxyl groups excluding tert-OH is 1. The fraction of sp³-hybridized carbons (Fsp3) is 0.385. The predicted molar refractivity (Wildman–Crippen MR) is 64.6 cm³/mol. The van der Waals surface area contributed by atoms with Gasteiger partial charge in [-0.25, -0.2) is 4.99 Å². The topological polar surface area (TPSA) is 49.7 Å². The van der Waals surface area contributed by atoms with Crippen LogP contribution >= 0.6 is 0 Å². The first-order chi connectivity index (χ1) is 7.65. The van der Waals surface area contributed by atoms with Crippen LogP contribution in [0.15, 0.2) is 35.3 Å². The van der Waals surface area contributed by atoms with E-state index in [1.807, 2.05) is 37.3 Å². The van der Waals surface area contributed by atoms with Gasteiger partial charge < -0.3 is 5.11 Å². The molecule has 0 radical (unpaired) electrons. The zero-order valence-electron chi connectivity index (χ0n) is 9.68. The third-order valence-corrected chi connectivity index (χ3v) is 2.17. The van der Waals surface area contributed by atoms with Crippen molar-refractivity contribution < 1.29 is 9.90 Å². The lowest BCUT2D eigenvalue weighted by atomic mass is 10.1. The van der Waals surface area contributed by atoms with E-state index >= 15 is 0 Å². The highest BCUT2D eigenvalue weighted by molar-refractivity contribution is 6.08. The highest BCUT2D eigenvalue weighted by Gasteiger charge is 2.11. The summed E-state index contributed by atoms with van der Waals surface area (Å²) in [5, 5.41) is 9.60. The van der Waals surface area contributed by atoms with Gasteiger partial charge in [0, 0.05) is 6.42 Å². The molecule has 1 rings (SSSR count). The van der Waals surface area contributed by atoms with Crippen LogP contribution in [-0.2, 0) is 4.79 Å². The lowest BCUT2D eigenvalue weighted by Gasteiger charge is -2.08. The molecular weight excluding hydrogens is 202 g/mol. The molecule has 0 saturated heterocycles. The second-order valence-electron chi connectivity index (χ2n) is 3.68. The standard InChI is InChI=1S/C13H17NO2/c1-3-7-12(16)14-13(10(2)15)11-8-5-4-6-9-11/h4-6,8-10,15H,3,7H2,1-2H3. The number of carbonyl (C=O) groups is 1. The van der Waals surface area contributed by atoms with Crippen molar-refractivity contribution in [3.8, 4) is 0 Å². The number of benzene rings is 1. The van der Waals surface area contributed by atoms with E-state index in [2.05, 4.69) is 4.99 Å². The molecule has 0 heterocycles. The summed E-state index contributed by atoms with van der Waals surface area (Å²) in [7, 11) is 0. The maximum Gasteiger partial charge on any atom is 0.246 e. The van der Waals surface area contributed by atoms with Gasteiger partial charge in [0.15, 0.2) is 0 Å². The van der Waals surface area contributed by atoms with Crippen molar-refractivity contribution in [1.29, 1.82) is 0 Å². The van der Waals surface area contributed by atoms with Crippen molar-refractivity contribution in [1.82, 2.24) is 0 Å². The minimum Gasteiger partial charge on any atom is -0.387 e. The quantitative estimate of drug-likeness (QED) is 0.789. The number of hydrogen-bond donors (Lipinski definition) is 1. The van der Waals surface area contributed by atoms with Crippen LogP contribution in [-0.4, -0.2) is 22.8 Å². The van der Waals surface area contributed by atoms with Crippen LogP contribution < -0.4 is 0 Å². The summed E-state index contributed by atoms with van der Waals surface area (Å²) in [6.45, 7) is 3.54. The number of carbonyl (C=O) groups excluding carboxylic acids is 1. The molecular formula is C13H17NO2. The number of aliphatic hydroxyl groups is 1. The average Bonchev–Trinajstić information content (AvgIpc) is 2.27. The molecule has 0 aromatic heterocycles. The Hall–Kier alpha value is -1.48. The van der Waals surface area contributed by atoms with Gasteiger partial charge >= 0.3 is 0 Å². The monoisotopic (exact) mass is 219 g/mol. The first-order valence-corrected chi connectivity index (χ1v) is 5.50. The van der Waals surface area contributed by atoms with Gasteiger partial charge in [-0.05, 0) is 18.9 Å². The van der Waals surface area contributed by atoms with Crippen LogP contribution in [0.2, 0.25) is 0 Å². The van der Waals surface area contributed by atoms with E-state index in [1.54, 1.807) is 6.92 Å². The molecule has 0 saturated carbocycles. The van der Waals surface area contributed by atoms with E-state index in [9.17, 15) is 9.90 Å². The number of amides is 1. The van der Waals surface area contributed by atoms with Crippen molar-refractivity contribution in [2.75, 3.05) is 0 Å². The minimum absolute atomic E-state index is 0.178. The fourth-order valence-corrected chi connectivity index (χ4v) is 1.41. The average molecular weight is 219 g/mol. The Labute approximate surface area is 95.8 Å². The number of nitrogens with zero attached hydrogens (tertiary/aromatic N) is 1. The largest absolute Gasteiger partial charge is 0.387 e. The predicted octanol–water partition coefficient (Wildman–Crippen LogP) is 2.18. The summed E-state index contributed by atoms with van der Waals surface area (Å²) in [5.74, 6) is -0.178. The molecule has 3 heteroatoms. The highest BCUT2D eigenvalue weighted by Crippen LogP contribution is 2.06. The Morgan fingerprint density at radius 1 is 1.38 bits per heavy atom. The minimum atomic E-state index is -0.733. The first kappa shape index (κ1) is 12.6. The van der Waals surface area contributed by atoms with Crippen LogP contribution in [0.1, 0.15) is 32.3 Å². The van der Waals surface area contributed by atoms with E-state index in [4.69, 9.17) is 0 Å². The van der Waals surface area contributed by atoms with E-state index in [0.29, 0.717) is 12.1 Å². The van der Waals surface area contributed by atoms with Gasteiger partial charge in [0.25, 0.3) is 0 Å². The van der Waals surface area contributed by atoms with Crippen LogP contribution in [0, 0.1) is 0 Å². The van der Waals surface area contributed by atoms with E-state index in [-0.39, 0.29) is 5.91 Å². The number of aliphatic imine (C=N–C) groups is 1. The lowest BCUT2D eigenvalue weighted by Crippen LogP contribution is -2.19. The van der Waals surface area contributed by atoms with Crippen molar-refractivity contribution in [2.24, 2.45) is 4.99 Å². The molecule has 86 valence electrons. The highest BCUT2D eigenvalue weighted by atomic mass is 16.3. The molecule has 0 spiro atoms. The summed E-state index contributed by atoms with van der Waals surface area (Å²) >= 11 is 0. The fourth-order valence-electron chi connectivity index (χ4n) is 1.41. The lowest BCUT2D eigenvalue weighted by molar-refractivity contribution is -0.117. The second-order valence-corrected chi connectivity index (χ2v) is 3.68. The maximum atomic E-state index is 11.4. The molecule has 1 N–H and O–H groups in total. The first-order valence-electron chi connectivity index (χ1n) is 5.50. The molecule has 1 aromatic carbocycles. The molecule has 1 amide bonds. The number of rotatable bonds is 4. The summed E-state index contributed by atoms with van der Waals surface area (Å²) in [6, 6.07) is 9.28. The van der Waals surface area contributed by atoms with Crippen molar-refractivity contribution in [3.05, 3.63) is 35.9 Å². The SMILES string of the molecule is CCCC(=O)N=C(c1ccccc1)C(C)O. The summed E-state index contributed by atoms with van der Waals surface area (Å²) in [4.78, 5) is 15.4. The van der Waals surface area contributed by atoms with Gasteiger partial charge in [0.1, 0.15) is 0 Å². The van der Waals surface area contributed by atoms with Gasteiger partial charge in [-0.3, -0.25) is 4.79 Å². The molecule has 0 bridgehead atoms. The van der Waals surface area contributed by atoms with Crippen molar-refractivity contribution in [3.63, 3.8) is 0 Å². The Morgan fingerprint density at radius 3 is 2.50 bits per heavy atom. The molecule has 0 fully saturated rings. The van der Waals surface area contributed by atoms with Crippen molar-refractivity contribution >= 4 is 11.6 Å². The van der Waals surface area contributed by atoms with E-state index < -0.39 is 6.10 Å². The second kappa shape index (κ2) is 6.18. The molecule has 16 heavy (non-hydrogen) atoms. The molecule has 0 aliphatic carbocycles. The Kier molecular flexibility index (Phi) is 4.86. The molecule has 1 atom stereocenters.